The number of anilines is 1. The first kappa shape index (κ1) is 13.4. The third-order valence-electron chi connectivity index (χ3n) is 3.24. The number of rotatable bonds is 6. The quantitative estimate of drug-likeness (QED) is 0.637. The molecule has 2 rings (SSSR count). The van der Waals surface area contributed by atoms with Gasteiger partial charge in [-0.25, -0.2) is 0 Å². The first-order chi connectivity index (χ1) is 8.26. The van der Waals surface area contributed by atoms with Crippen LogP contribution >= 0.6 is 31.9 Å². The second-order valence-electron chi connectivity index (χ2n) is 4.68. The van der Waals surface area contributed by atoms with Crippen molar-refractivity contribution in [3.63, 3.8) is 0 Å². The van der Waals surface area contributed by atoms with Gasteiger partial charge in [0.15, 0.2) is 0 Å². The minimum atomic E-state index is 0.786. The molecule has 0 amide bonds. The van der Waals surface area contributed by atoms with Gasteiger partial charge in [0.1, 0.15) is 0 Å². The molecular formula is C14H19Br2N. The summed E-state index contributed by atoms with van der Waals surface area (Å²) in [6.45, 7) is 3.45. The standard InChI is InChI=1S/C14H19Br2N/c1-2-3-8-17(13-6-7-13)14-9-12(16)5-4-11(14)10-15/h4-5,9,13H,2-3,6-8,10H2,1H3. The van der Waals surface area contributed by atoms with Crippen LogP contribution in [0.3, 0.4) is 0 Å². The number of halogens is 2. The molecule has 1 aliphatic rings. The summed E-state index contributed by atoms with van der Waals surface area (Å²) < 4.78 is 1.18. The van der Waals surface area contributed by atoms with E-state index in [0.717, 1.165) is 11.4 Å². The van der Waals surface area contributed by atoms with Gasteiger partial charge >= 0.3 is 0 Å². The topological polar surface area (TPSA) is 3.24 Å². The van der Waals surface area contributed by atoms with E-state index in [9.17, 15) is 0 Å². The molecule has 3 heteroatoms. The Morgan fingerprint density at radius 3 is 2.71 bits per heavy atom. The van der Waals surface area contributed by atoms with Crippen LogP contribution in [0.25, 0.3) is 0 Å². The number of nitrogens with zero attached hydrogens (tertiary/aromatic N) is 1. The van der Waals surface area contributed by atoms with Gasteiger partial charge in [-0.2, -0.15) is 0 Å². The van der Waals surface area contributed by atoms with Crippen molar-refractivity contribution in [2.75, 3.05) is 11.4 Å². The lowest BCUT2D eigenvalue weighted by atomic mass is 10.1. The number of alkyl halides is 1. The van der Waals surface area contributed by atoms with Crippen LogP contribution in [0, 0.1) is 0 Å². The van der Waals surface area contributed by atoms with Crippen molar-refractivity contribution in [1.29, 1.82) is 0 Å². The molecule has 0 aromatic heterocycles. The fourth-order valence-electron chi connectivity index (χ4n) is 2.13. The molecule has 0 bridgehead atoms. The predicted octanol–water partition coefficient (Wildman–Crippen LogP) is 5.11. The molecule has 0 N–H and O–H groups in total. The highest BCUT2D eigenvalue weighted by atomic mass is 79.9. The molecule has 0 unspecified atom stereocenters. The van der Waals surface area contributed by atoms with Gasteiger partial charge in [-0.15, -0.1) is 0 Å². The molecule has 0 radical (unpaired) electrons. The summed E-state index contributed by atoms with van der Waals surface area (Å²) in [6.07, 6.45) is 5.27. The fourth-order valence-corrected chi connectivity index (χ4v) is 2.95. The lowest BCUT2D eigenvalue weighted by molar-refractivity contribution is 0.711. The Bertz CT molecular complexity index is 374. The Balaban J connectivity index is 2.23. The first-order valence-electron chi connectivity index (χ1n) is 6.37. The summed E-state index contributed by atoms with van der Waals surface area (Å²) in [5.74, 6) is 0. The van der Waals surface area contributed by atoms with E-state index in [2.05, 4.69) is 61.9 Å². The summed E-state index contributed by atoms with van der Waals surface area (Å²) in [5.41, 5.74) is 2.81. The molecular weight excluding hydrogens is 342 g/mol. The molecule has 0 aliphatic heterocycles. The highest BCUT2D eigenvalue weighted by Crippen LogP contribution is 2.36. The van der Waals surface area contributed by atoms with Gasteiger partial charge in [-0.1, -0.05) is 51.3 Å². The third kappa shape index (κ3) is 3.47. The molecule has 17 heavy (non-hydrogen) atoms. The monoisotopic (exact) mass is 359 g/mol. The maximum Gasteiger partial charge on any atom is 0.0421 e. The molecule has 1 aromatic carbocycles. The zero-order valence-corrected chi connectivity index (χ0v) is 13.4. The van der Waals surface area contributed by atoms with Crippen molar-refractivity contribution in [2.45, 2.75) is 44.0 Å². The number of hydrogen-bond donors (Lipinski definition) is 0. The van der Waals surface area contributed by atoms with Crippen LogP contribution in [-0.2, 0) is 5.33 Å². The van der Waals surface area contributed by atoms with Crippen molar-refractivity contribution >= 4 is 37.5 Å². The van der Waals surface area contributed by atoms with E-state index in [1.54, 1.807) is 0 Å². The summed E-state index contributed by atoms with van der Waals surface area (Å²) in [7, 11) is 0. The highest BCUT2D eigenvalue weighted by molar-refractivity contribution is 9.10. The normalized spacial score (nSPS) is 15.0. The van der Waals surface area contributed by atoms with Gasteiger partial charge < -0.3 is 4.90 Å². The van der Waals surface area contributed by atoms with E-state index >= 15 is 0 Å². The Labute approximate surface area is 121 Å². The van der Waals surface area contributed by atoms with Crippen LogP contribution in [-0.4, -0.2) is 12.6 Å². The lowest BCUT2D eigenvalue weighted by Crippen LogP contribution is -2.27. The Morgan fingerprint density at radius 2 is 2.12 bits per heavy atom. The predicted molar refractivity (Wildman–Crippen MR) is 82.0 cm³/mol. The minimum absolute atomic E-state index is 0.786. The van der Waals surface area contributed by atoms with Crippen molar-refractivity contribution in [3.05, 3.63) is 28.2 Å². The van der Waals surface area contributed by atoms with Crippen LogP contribution in [0.4, 0.5) is 5.69 Å². The van der Waals surface area contributed by atoms with Crippen molar-refractivity contribution in [2.24, 2.45) is 0 Å². The van der Waals surface area contributed by atoms with Crippen molar-refractivity contribution in [3.8, 4) is 0 Å². The maximum absolute atomic E-state index is 3.60. The molecule has 0 saturated heterocycles. The molecule has 0 spiro atoms. The molecule has 1 saturated carbocycles. The second kappa shape index (κ2) is 6.24. The van der Waals surface area contributed by atoms with Gasteiger partial charge in [0.05, 0.1) is 0 Å². The SMILES string of the molecule is CCCCN(c1cc(Br)ccc1CBr)C1CC1. The number of hydrogen-bond acceptors (Lipinski definition) is 1. The smallest absolute Gasteiger partial charge is 0.0421 e. The Morgan fingerprint density at radius 1 is 1.35 bits per heavy atom. The average molecular weight is 361 g/mol. The average Bonchev–Trinajstić information content (AvgIpc) is 3.14. The second-order valence-corrected chi connectivity index (χ2v) is 6.16. The van der Waals surface area contributed by atoms with Gasteiger partial charge in [-0.3, -0.25) is 0 Å². The first-order valence-corrected chi connectivity index (χ1v) is 8.28. The Kier molecular flexibility index (Phi) is 4.92. The highest BCUT2D eigenvalue weighted by Gasteiger charge is 2.29. The molecule has 94 valence electrons. The molecule has 1 aromatic rings. The van der Waals surface area contributed by atoms with E-state index in [1.165, 1.54) is 48.0 Å². The molecule has 0 heterocycles. The van der Waals surface area contributed by atoms with Gasteiger partial charge in [0.25, 0.3) is 0 Å². The summed E-state index contributed by atoms with van der Waals surface area (Å²) in [4.78, 5) is 2.60. The van der Waals surface area contributed by atoms with E-state index < -0.39 is 0 Å². The zero-order valence-electron chi connectivity index (χ0n) is 10.3. The summed E-state index contributed by atoms with van der Waals surface area (Å²) in [5, 5.41) is 0.935. The summed E-state index contributed by atoms with van der Waals surface area (Å²) in [6, 6.07) is 7.40. The molecule has 1 nitrogen and oxygen atoms in total. The summed E-state index contributed by atoms with van der Waals surface area (Å²) >= 11 is 7.19. The van der Waals surface area contributed by atoms with Crippen molar-refractivity contribution < 1.29 is 0 Å². The molecule has 1 fully saturated rings. The van der Waals surface area contributed by atoms with Crippen LogP contribution in [0.2, 0.25) is 0 Å². The van der Waals surface area contributed by atoms with Gasteiger partial charge in [-0.05, 0) is 37.0 Å². The van der Waals surface area contributed by atoms with Gasteiger partial charge in [0, 0.05) is 28.1 Å². The largest absolute Gasteiger partial charge is 0.368 e. The minimum Gasteiger partial charge on any atom is -0.368 e. The maximum atomic E-state index is 3.60. The number of benzene rings is 1. The number of unbranched alkanes of at least 4 members (excludes halogenated alkanes) is 1. The van der Waals surface area contributed by atoms with E-state index in [0.29, 0.717) is 0 Å². The zero-order chi connectivity index (χ0) is 12.3. The Hall–Kier alpha value is -0.0200. The van der Waals surface area contributed by atoms with Crippen molar-refractivity contribution in [1.82, 2.24) is 0 Å². The molecule has 1 aliphatic carbocycles. The van der Waals surface area contributed by atoms with E-state index in [1.807, 2.05) is 0 Å². The van der Waals surface area contributed by atoms with E-state index in [-0.39, 0.29) is 0 Å². The van der Waals surface area contributed by atoms with Crippen LogP contribution in [0.15, 0.2) is 22.7 Å². The van der Waals surface area contributed by atoms with Crippen LogP contribution in [0.5, 0.6) is 0 Å². The van der Waals surface area contributed by atoms with E-state index in [4.69, 9.17) is 0 Å². The van der Waals surface area contributed by atoms with Crippen LogP contribution in [0.1, 0.15) is 38.2 Å². The third-order valence-corrected chi connectivity index (χ3v) is 4.34. The molecule has 0 atom stereocenters. The fraction of sp³-hybridized carbons (Fsp3) is 0.571. The van der Waals surface area contributed by atoms with Crippen LogP contribution < -0.4 is 4.90 Å². The lowest BCUT2D eigenvalue weighted by Gasteiger charge is -2.27. The van der Waals surface area contributed by atoms with Gasteiger partial charge in [0.2, 0.25) is 0 Å².